The molecular weight excluding hydrogens is 973 g/mol. The molecule has 21 heteroatoms. The molecule has 0 aliphatic carbocycles. The fraction of sp³-hybridized carbons (Fsp3) is 0.122. The lowest BCUT2D eigenvalue weighted by Gasteiger charge is -2.20. The first-order valence-electron chi connectivity index (χ1n) is 19.9. The molecule has 0 amide bonds. The highest BCUT2D eigenvalue weighted by molar-refractivity contribution is 6.11. The van der Waals surface area contributed by atoms with Gasteiger partial charge < -0.3 is 9.13 Å². The molecule has 0 bridgehead atoms. The van der Waals surface area contributed by atoms with Crippen molar-refractivity contribution in [2.45, 2.75) is 37.1 Å². The molecule has 0 fully saturated rings. The highest BCUT2D eigenvalue weighted by Crippen LogP contribution is 2.47. The topological polar surface area (TPSA) is 33.6 Å². The Hall–Kier alpha value is -7.63. The van der Waals surface area contributed by atoms with Gasteiger partial charge in [0.15, 0.2) is 0 Å². The first-order valence-corrected chi connectivity index (χ1v) is 19.9. The number of aromatic nitrogens is 2. The van der Waals surface area contributed by atoms with Gasteiger partial charge in [0.25, 0.3) is 0 Å². The van der Waals surface area contributed by atoms with Crippen molar-refractivity contribution in [3.8, 4) is 39.7 Å². The quantitative estimate of drug-likeness (QED) is 0.162. The molecule has 0 saturated heterocycles. The molecule has 0 N–H and O–H groups in total. The van der Waals surface area contributed by atoms with E-state index in [0.29, 0.717) is 60.7 Å². The molecule has 0 unspecified atom stereocenters. The van der Waals surface area contributed by atoms with Crippen LogP contribution in [0.2, 0.25) is 0 Å². The van der Waals surface area contributed by atoms with Gasteiger partial charge in [-0.3, -0.25) is 0 Å². The summed E-state index contributed by atoms with van der Waals surface area (Å²) in [4.78, 5) is 0. The maximum atomic E-state index is 14.7. The summed E-state index contributed by atoms with van der Waals surface area (Å²) >= 11 is 0. The van der Waals surface area contributed by atoms with Gasteiger partial charge in [-0.25, -0.2) is 0 Å². The van der Waals surface area contributed by atoms with E-state index in [2.05, 4.69) is 0 Å². The molecule has 70 heavy (non-hydrogen) atoms. The Kier molecular flexibility index (Phi) is 10.6. The van der Waals surface area contributed by atoms with Crippen LogP contribution in [0.3, 0.4) is 0 Å². The van der Waals surface area contributed by atoms with Crippen LogP contribution < -0.4 is 0 Å². The van der Waals surface area contributed by atoms with Gasteiger partial charge in [0, 0.05) is 38.4 Å². The first-order chi connectivity index (χ1) is 32.4. The lowest BCUT2D eigenvalue weighted by molar-refractivity contribution is -0.143. The average Bonchev–Trinajstić information content (AvgIpc) is 3.78. The van der Waals surface area contributed by atoms with Gasteiger partial charge in [-0.05, 0) is 126 Å². The Labute approximate surface area is 379 Å². The van der Waals surface area contributed by atoms with Crippen molar-refractivity contribution in [1.82, 2.24) is 9.13 Å². The lowest BCUT2D eigenvalue weighted by atomic mass is 9.91. The second-order valence-electron chi connectivity index (χ2n) is 15.9. The molecule has 2 heterocycles. The number of halogens is 18. The Bertz CT molecular complexity index is 3500. The first kappa shape index (κ1) is 47.4. The zero-order valence-corrected chi connectivity index (χ0v) is 34.3. The highest BCUT2D eigenvalue weighted by atomic mass is 19.4. The molecule has 0 radical (unpaired) electrons. The average molecular weight is 994 g/mol. The summed E-state index contributed by atoms with van der Waals surface area (Å²) in [6.07, 6.45) is -30.7. The van der Waals surface area contributed by atoms with Crippen LogP contribution in [0.25, 0.3) is 77.2 Å². The zero-order valence-electron chi connectivity index (χ0n) is 34.3. The van der Waals surface area contributed by atoms with Crippen LogP contribution in [-0.2, 0) is 37.1 Å². The van der Waals surface area contributed by atoms with E-state index in [1.807, 2.05) is 6.07 Å². The normalized spacial score (nSPS) is 13.3. The molecule has 9 aromatic rings. The minimum absolute atomic E-state index is 0.0951. The molecule has 358 valence electrons. The summed E-state index contributed by atoms with van der Waals surface area (Å²) in [5, 5.41) is 9.09. The zero-order chi connectivity index (χ0) is 50.8. The third-order valence-electron chi connectivity index (χ3n) is 11.7. The molecule has 3 nitrogen and oxygen atoms in total. The summed E-state index contributed by atoms with van der Waals surface area (Å²) in [6, 6.07) is 17.8. The van der Waals surface area contributed by atoms with E-state index < -0.39 is 92.3 Å². The SMILES string of the molecule is N#Cc1ccc(-n2c3ccc(C(F)(F)F)cc3c3cc(C(F)(F)F)ccc32)cc1-c1cc(-c2ccc(C(F)(F)F)cc2C(F)(F)F)ccc1-n1c2ccc(C(F)(F)F)cc2c2cc(C(F)(F)F)ccc21. The van der Waals surface area contributed by atoms with Gasteiger partial charge in [0.05, 0.1) is 72.8 Å². The molecule has 7 aromatic carbocycles. The van der Waals surface area contributed by atoms with Crippen molar-refractivity contribution in [3.05, 3.63) is 166 Å². The second-order valence-corrected chi connectivity index (χ2v) is 15.9. The van der Waals surface area contributed by atoms with E-state index in [1.165, 1.54) is 16.7 Å². The Morgan fingerprint density at radius 1 is 0.329 bits per heavy atom. The number of benzene rings is 7. The predicted molar refractivity (Wildman–Crippen MR) is 221 cm³/mol. The predicted octanol–water partition coefficient (Wildman–Crippen LogP) is 17.2. The minimum Gasteiger partial charge on any atom is -0.309 e. The maximum absolute atomic E-state index is 14.7. The van der Waals surface area contributed by atoms with Gasteiger partial charge in [-0.1, -0.05) is 12.1 Å². The van der Waals surface area contributed by atoms with Crippen LogP contribution in [0.5, 0.6) is 0 Å². The van der Waals surface area contributed by atoms with Crippen molar-refractivity contribution in [2.24, 2.45) is 0 Å². The van der Waals surface area contributed by atoms with E-state index in [4.69, 9.17) is 0 Å². The maximum Gasteiger partial charge on any atom is 0.417 e. The third-order valence-corrected chi connectivity index (χ3v) is 11.7. The van der Waals surface area contributed by atoms with Gasteiger partial charge in [0.1, 0.15) is 0 Å². The van der Waals surface area contributed by atoms with Crippen molar-refractivity contribution < 1.29 is 79.0 Å². The van der Waals surface area contributed by atoms with Crippen molar-refractivity contribution >= 4 is 43.6 Å². The van der Waals surface area contributed by atoms with Crippen LogP contribution in [0.15, 0.2) is 127 Å². The molecule has 0 aliphatic rings. The fourth-order valence-corrected chi connectivity index (χ4v) is 8.60. The van der Waals surface area contributed by atoms with E-state index in [-0.39, 0.29) is 67.0 Å². The minimum atomic E-state index is -5.44. The number of hydrogen-bond donors (Lipinski definition) is 0. The van der Waals surface area contributed by atoms with Crippen LogP contribution in [0.1, 0.15) is 38.9 Å². The number of rotatable bonds is 4. The molecular formula is C49H21F18N3. The summed E-state index contributed by atoms with van der Waals surface area (Å²) in [5.74, 6) is 0. The van der Waals surface area contributed by atoms with Crippen LogP contribution >= 0.6 is 0 Å². The Morgan fingerprint density at radius 2 is 0.714 bits per heavy atom. The van der Waals surface area contributed by atoms with Crippen molar-refractivity contribution in [1.29, 1.82) is 5.26 Å². The van der Waals surface area contributed by atoms with Crippen LogP contribution in [-0.4, -0.2) is 9.13 Å². The molecule has 0 aliphatic heterocycles. The van der Waals surface area contributed by atoms with Gasteiger partial charge >= 0.3 is 37.1 Å². The number of nitriles is 1. The van der Waals surface area contributed by atoms with Gasteiger partial charge in [-0.2, -0.15) is 84.3 Å². The summed E-state index contributed by atoms with van der Waals surface area (Å²) in [6.45, 7) is 0. The Morgan fingerprint density at radius 3 is 1.10 bits per heavy atom. The largest absolute Gasteiger partial charge is 0.417 e. The number of hydrogen-bond acceptors (Lipinski definition) is 1. The van der Waals surface area contributed by atoms with E-state index in [9.17, 15) is 84.3 Å². The van der Waals surface area contributed by atoms with Gasteiger partial charge in [-0.15, -0.1) is 0 Å². The third kappa shape index (κ3) is 8.17. The molecule has 0 saturated carbocycles. The summed E-state index contributed by atoms with van der Waals surface area (Å²) in [5.41, 5.74) is -11.7. The van der Waals surface area contributed by atoms with Crippen molar-refractivity contribution in [2.75, 3.05) is 0 Å². The van der Waals surface area contributed by atoms with Crippen LogP contribution in [0.4, 0.5) is 79.0 Å². The number of nitrogens with zero attached hydrogens (tertiary/aromatic N) is 3. The standard InChI is InChI=1S/C49H21F18N3/c50-44(51,52)25-4-11-39-34(16-25)35-17-26(45(53,54)55)5-12-40(35)69(39)30-8-1-24(22-68)32(21-30)33-15-23(31-9-3-29(48(62,63)64)20-38(31)49(65,66)67)2-10-41(33)70-42-13-6-27(46(56,57)58)18-36(42)37-19-28(47(59,60)61)7-14-43(37)70/h1-21H. The lowest BCUT2D eigenvalue weighted by Crippen LogP contribution is -2.12. The van der Waals surface area contributed by atoms with Crippen LogP contribution in [0, 0.1) is 11.3 Å². The van der Waals surface area contributed by atoms with E-state index in [1.54, 1.807) is 0 Å². The molecule has 0 spiro atoms. The monoisotopic (exact) mass is 993 g/mol. The molecule has 2 aromatic heterocycles. The van der Waals surface area contributed by atoms with E-state index >= 15 is 0 Å². The van der Waals surface area contributed by atoms with E-state index in [0.717, 1.165) is 53.1 Å². The van der Waals surface area contributed by atoms with Crippen molar-refractivity contribution in [3.63, 3.8) is 0 Å². The number of fused-ring (bicyclic) bond motifs is 6. The van der Waals surface area contributed by atoms with Gasteiger partial charge in [0.2, 0.25) is 0 Å². The summed E-state index contributed by atoms with van der Waals surface area (Å²) < 4.78 is 257. The smallest absolute Gasteiger partial charge is 0.309 e. The number of alkyl halides is 18. The molecule has 9 rings (SSSR count). The highest BCUT2D eigenvalue weighted by Gasteiger charge is 2.40. The summed E-state index contributed by atoms with van der Waals surface area (Å²) in [7, 11) is 0. The second kappa shape index (κ2) is 15.7. The Balaban J connectivity index is 1.40. The molecule has 0 atom stereocenters. The fourth-order valence-electron chi connectivity index (χ4n) is 8.60.